The van der Waals surface area contributed by atoms with E-state index in [1.54, 1.807) is 6.20 Å². The summed E-state index contributed by atoms with van der Waals surface area (Å²) in [5.74, 6) is 1.04. The SMILES string of the molecule is CC.CC.C\C=C/C=C\C(=C\N)C(N)(c1ccccc1)c1ccc2c(c1)C1(C3=C2C=CCC3)C2=C(c3ccccc31)c1oc3ccccc3c1CC2. The molecule has 0 bridgehead atoms. The zero-order chi connectivity index (χ0) is 36.5. The molecule has 0 fully saturated rings. The van der Waals surface area contributed by atoms with Crippen LogP contribution in [0.15, 0.2) is 161 Å². The molecule has 0 amide bonds. The van der Waals surface area contributed by atoms with Crippen molar-refractivity contribution in [1.29, 1.82) is 0 Å². The van der Waals surface area contributed by atoms with E-state index in [1.165, 1.54) is 55.5 Å². The smallest absolute Gasteiger partial charge is 0.139 e. The summed E-state index contributed by atoms with van der Waals surface area (Å²) in [6.07, 6.45) is 18.4. The van der Waals surface area contributed by atoms with E-state index in [4.69, 9.17) is 15.9 Å². The maximum Gasteiger partial charge on any atom is 0.139 e. The van der Waals surface area contributed by atoms with Gasteiger partial charge in [0, 0.05) is 16.5 Å². The molecule has 0 aliphatic heterocycles. The van der Waals surface area contributed by atoms with Gasteiger partial charge in [0.15, 0.2) is 0 Å². The van der Waals surface area contributed by atoms with Crippen molar-refractivity contribution in [3.63, 3.8) is 0 Å². The van der Waals surface area contributed by atoms with Crippen LogP contribution in [0.2, 0.25) is 0 Å². The van der Waals surface area contributed by atoms with E-state index in [1.807, 2.05) is 65.0 Å². The Balaban J connectivity index is 0.00000102. The average molecular weight is 683 g/mol. The zero-order valence-corrected chi connectivity index (χ0v) is 31.2. The van der Waals surface area contributed by atoms with E-state index in [0.717, 1.165) is 53.7 Å². The van der Waals surface area contributed by atoms with Gasteiger partial charge in [0.2, 0.25) is 0 Å². The van der Waals surface area contributed by atoms with Crippen LogP contribution in [-0.2, 0) is 17.4 Å². The second kappa shape index (κ2) is 14.3. The Hall–Kier alpha value is -5.38. The molecule has 262 valence electrons. The van der Waals surface area contributed by atoms with Crippen LogP contribution >= 0.6 is 0 Å². The molecule has 5 aromatic rings. The Morgan fingerprint density at radius 2 is 1.50 bits per heavy atom. The van der Waals surface area contributed by atoms with Gasteiger partial charge in [0.1, 0.15) is 11.3 Å². The molecule has 2 atom stereocenters. The number of hydrogen-bond donors (Lipinski definition) is 2. The molecule has 4 aliphatic rings. The number of furan rings is 1. The molecular weight excluding hydrogens is 633 g/mol. The first-order chi connectivity index (χ1) is 25.6. The summed E-state index contributed by atoms with van der Waals surface area (Å²) >= 11 is 0. The summed E-state index contributed by atoms with van der Waals surface area (Å²) in [7, 11) is 0. The standard InChI is InChI=1S/C45H38N2O.2C2H6/c1-2-3-5-16-31(28-46)45(47,29-14-6-4-7-15-29)30-23-24-33-32-17-8-11-20-37(32)44(40(33)27-30)38-21-12-9-19-36(38)42-39(44)26-25-35-34-18-10-13-22-41(34)48-43(35)42;2*1-2/h2-10,12-19,21-24,27-28H,11,20,25-26,46-47H2,1H3;2*1-2H3/b3-2-,16-5-,31-28-;;. The lowest BCUT2D eigenvalue weighted by atomic mass is 9.64. The summed E-state index contributed by atoms with van der Waals surface area (Å²) in [5.41, 5.74) is 28.7. The summed E-state index contributed by atoms with van der Waals surface area (Å²) in [6.45, 7) is 10.0. The lowest BCUT2D eigenvalue weighted by molar-refractivity contribution is 0.582. The summed E-state index contributed by atoms with van der Waals surface area (Å²) in [6, 6.07) is 34.9. The zero-order valence-electron chi connectivity index (χ0n) is 31.2. The lowest BCUT2D eigenvalue weighted by Gasteiger charge is -2.38. The van der Waals surface area contributed by atoms with E-state index >= 15 is 0 Å². The molecule has 1 spiro atoms. The highest BCUT2D eigenvalue weighted by Crippen LogP contribution is 2.66. The second-order valence-corrected chi connectivity index (χ2v) is 13.3. The molecular formula is C49H50N2O. The predicted octanol–water partition coefficient (Wildman–Crippen LogP) is 11.8. The number of nitrogens with two attached hydrogens (primary N) is 2. The summed E-state index contributed by atoms with van der Waals surface area (Å²) in [5, 5.41) is 1.23. The lowest BCUT2D eigenvalue weighted by Crippen LogP contribution is -2.40. The number of fused-ring (bicyclic) bond motifs is 12. The third kappa shape index (κ3) is 4.98. The van der Waals surface area contributed by atoms with Crippen molar-refractivity contribution in [2.75, 3.05) is 0 Å². The Kier molecular flexibility index (Phi) is 9.65. The topological polar surface area (TPSA) is 65.2 Å². The number of allylic oxidation sites excluding steroid dienone is 8. The fraction of sp³-hybridized carbons (Fsp3) is 0.224. The van der Waals surface area contributed by atoms with Crippen molar-refractivity contribution in [2.24, 2.45) is 11.5 Å². The molecule has 52 heavy (non-hydrogen) atoms. The fourth-order valence-electron chi connectivity index (χ4n) is 9.16. The molecule has 2 unspecified atom stereocenters. The number of para-hydroxylation sites is 1. The van der Waals surface area contributed by atoms with Gasteiger partial charge in [-0.2, -0.15) is 0 Å². The van der Waals surface area contributed by atoms with Crippen molar-refractivity contribution in [2.45, 2.75) is 71.3 Å². The minimum Gasteiger partial charge on any atom is -0.456 e. The van der Waals surface area contributed by atoms with Gasteiger partial charge in [-0.05, 0) is 101 Å². The normalized spacial score (nSPS) is 19.5. The monoisotopic (exact) mass is 682 g/mol. The van der Waals surface area contributed by atoms with Crippen LogP contribution in [0.5, 0.6) is 0 Å². The molecule has 3 nitrogen and oxygen atoms in total. The highest BCUT2D eigenvalue weighted by molar-refractivity contribution is 6.02. The van der Waals surface area contributed by atoms with Gasteiger partial charge < -0.3 is 15.9 Å². The van der Waals surface area contributed by atoms with Gasteiger partial charge >= 0.3 is 0 Å². The van der Waals surface area contributed by atoms with Gasteiger partial charge in [-0.3, -0.25) is 0 Å². The molecule has 4 aromatic carbocycles. The molecule has 0 saturated heterocycles. The van der Waals surface area contributed by atoms with Crippen molar-refractivity contribution in [1.82, 2.24) is 0 Å². The molecule has 0 saturated carbocycles. The number of aryl methyl sites for hydroxylation is 1. The van der Waals surface area contributed by atoms with E-state index in [0.29, 0.717) is 0 Å². The summed E-state index contributed by atoms with van der Waals surface area (Å²) < 4.78 is 6.77. The van der Waals surface area contributed by atoms with Crippen LogP contribution in [0.3, 0.4) is 0 Å². The van der Waals surface area contributed by atoms with Crippen molar-refractivity contribution in [3.8, 4) is 0 Å². The summed E-state index contributed by atoms with van der Waals surface area (Å²) in [4.78, 5) is 0. The Labute approximate surface area is 309 Å². The molecule has 1 heterocycles. The van der Waals surface area contributed by atoms with Gasteiger partial charge in [0.25, 0.3) is 0 Å². The van der Waals surface area contributed by atoms with Crippen LogP contribution < -0.4 is 11.5 Å². The van der Waals surface area contributed by atoms with Gasteiger partial charge in [0.05, 0.1) is 11.0 Å². The molecule has 1 aromatic heterocycles. The molecule has 0 radical (unpaired) electrons. The van der Waals surface area contributed by atoms with Gasteiger partial charge in [-0.1, -0.05) is 155 Å². The average Bonchev–Trinajstić information content (AvgIpc) is 3.85. The predicted molar refractivity (Wildman–Crippen MR) is 220 cm³/mol. The van der Waals surface area contributed by atoms with Crippen LogP contribution in [0.25, 0.3) is 22.1 Å². The van der Waals surface area contributed by atoms with Gasteiger partial charge in [-0.15, -0.1) is 0 Å². The Morgan fingerprint density at radius 1 is 0.750 bits per heavy atom. The first-order valence-corrected chi connectivity index (χ1v) is 19.1. The van der Waals surface area contributed by atoms with Crippen LogP contribution in [-0.4, -0.2) is 0 Å². The number of benzene rings is 4. The maximum atomic E-state index is 7.66. The van der Waals surface area contributed by atoms with Crippen molar-refractivity contribution in [3.05, 3.63) is 201 Å². The van der Waals surface area contributed by atoms with Crippen LogP contribution in [0.1, 0.15) is 98.6 Å². The first kappa shape index (κ1) is 35.0. The first-order valence-electron chi connectivity index (χ1n) is 19.1. The van der Waals surface area contributed by atoms with Crippen molar-refractivity contribution >= 4 is 22.1 Å². The van der Waals surface area contributed by atoms with Crippen LogP contribution in [0.4, 0.5) is 0 Å². The van der Waals surface area contributed by atoms with Gasteiger partial charge in [-0.25, -0.2) is 0 Å². The fourth-order valence-corrected chi connectivity index (χ4v) is 9.16. The minimum atomic E-state index is -0.975. The largest absolute Gasteiger partial charge is 0.456 e. The Morgan fingerprint density at radius 3 is 2.29 bits per heavy atom. The molecule has 4 N–H and O–H groups in total. The third-order valence-electron chi connectivity index (χ3n) is 11.1. The Bertz CT molecular complexity index is 2330. The van der Waals surface area contributed by atoms with E-state index < -0.39 is 5.54 Å². The third-order valence-corrected chi connectivity index (χ3v) is 11.1. The highest BCUT2D eigenvalue weighted by atomic mass is 16.3. The van der Waals surface area contributed by atoms with Crippen LogP contribution in [0, 0.1) is 0 Å². The molecule has 3 heteroatoms. The van der Waals surface area contributed by atoms with E-state index in [2.05, 4.69) is 103 Å². The number of hydrogen-bond acceptors (Lipinski definition) is 3. The quantitative estimate of drug-likeness (QED) is 0.181. The minimum absolute atomic E-state index is 0.390. The van der Waals surface area contributed by atoms with E-state index in [9.17, 15) is 0 Å². The number of rotatable bonds is 5. The van der Waals surface area contributed by atoms with E-state index in [-0.39, 0.29) is 5.41 Å². The maximum absolute atomic E-state index is 7.66. The van der Waals surface area contributed by atoms with Crippen molar-refractivity contribution < 1.29 is 4.42 Å². The highest BCUT2D eigenvalue weighted by Gasteiger charge is 2.55. The second-order valence-electron chi connectivity index (χ2n) is 13.3. The molecule has 4 aliphatic carbocycles. The molecule has 9 rings (SSSR count).